The fourth-order valence-corrected chi connectivity index (χ4v) is 7.84. The summed E-state index contributed by atoms with van der Waals surface area (Å²) in [5.74, 6) is -1.36. The Bertz CT molecular complexity index is 1330. The number of rotatable bonds is 7. The zero-order valence-electron chi connectivity index (χ0n) is 22.9. The minimum atomic E-state index is -3.67. The highest BCUT2D eigenvalue weighted by Crippen LogP contribution is 2.38. The molecule has 212 valence electrons. The quantitative estimate of drug-likeness (QED) is 0.434. The summed E-state index contributed by atoms with van der Waals surface area (Å²) >= 11 is 1.35. The van der Waals surface area contributed by atoms with Crippen molar-refractivity contribution in [2.75, 3.05) is 18.9 Å². The Kier molecular flexibility index (Phi) is 9.10. The van der Waals surface area contributed by atoms with Gasteiger partial charge in [-0.25, -0.2) is 8.42 Å². The maximum Gasteiger partial charge on any atom is 0.272 e. The lowest BCUT2D eigenvalue weighted by molar-refractivity contribution is -0.119. The summed E-state index contributed by atoms with van der Waals surface area (Å²) in [4.78, 5) is 41.0. The van der Waals surface area contributed by atoms with E-state index in [0.29, 0.717) is 29.6 Å². The van der Waals surface area contributed by atoms with Gasteiger partial charge < -0.3 is 5.32 Å². The number of hydrazine groups is 1. The molecule has 1 aliphatic heterocycles. The number of nitrogens with zero attached hydrogens (tertiary/aromatic N) is 2. The van der Waals surface area contributed by atoms with E-state index in [1.807, 2.05) is 0 Å². The molecule has 0 atom stereocenters. The molecule has 0 spiro atoms. The van der Waals surface area contributed by atoms with Crippen LogP contribution in [0.5, 0.6) is 0 Å². The summed E-state index contributed by atoms with van der Waals surface area (Å²) in [6.45, 7) is 6.96. The fraction of sp³-hybridized carbons (Fsp3) is 0.519. The average molecular weight is 576 g/mol. The molecule has 0 radical (unpaired) electrons. The Morgan fingerprint density at radius 2 is 1.69 bits per heavy atom. The normalized spacial score (nSPS) is 16.7. The van der Waals surface area contributed by atoms with Crippen LogP contribution in [-0.2, 0) is 27.8 Å². The largest absolute Gasteiger partial charge is 0.313 e. The van der Waals surface area contributed by atoms with E-state index in [4.69, 9.17) is 0 Å². The predicted molar refractivity (Wildman–Crippen MR) is 151 cm³/mol. The zero-order valence-corrected chi connectivity index (χ0v) is 24.5. The van der Waals surface area contributed by atoms with Gasteiger partial charge >= 0.3 is 0 Å². The van der Waals surface area contributed by atoms with Crippen molar-refractivity contribution in [2.45, 2.75) is 82.8 Å². The number of carbonyl (C=O) groups is 3. The molecule has 2 aliphatic rings. The van der Waals surface area contributed by atoms with Gasteiger partial charge in [0.2, 0.25) is 15.9 Å². The smallest absolute Gasteiger partial charge is 0.272 e. The van der Waals surface area contributed by atoms with Crippen LogP contribution in [0.15, 0.2) is 29.2 Å². The van der Waals surface area contributed by atoms with Crippen LogP contribution < -0.4 is 16.2 Å². The van der Waals surface area contributed by atoms with Crippen molar-refractivity contribution in [3.05, 3.63) is 45.8 Å². The van der Waals surface area contributed by atoms with E-state index in [9.17, 15) is 22.8 Å². The van der Waals surface area contributed by atoms with Crippen molar-refractivity contribution in [1.82, 2.24) is 20.1 Å². The summed E-state index contributed by atoms with van der Waals surface area (Å²) < 4.78 is 27.8. The highest BCUT2D eigenvalue weighted by molar-refractivity contribution is 7.89. The van der Waals surface area contributed by atoms with Gasteiger partial charge in [-0.1, -0.05) is 19.3 Å². The van der Waals surface area contributed by atoms with Crippen molar-refractivity contribution in [2.24, 2.45) is 0 Å². The monoisotopic (exact) mass is 575 g/mol. The summed E-state index contributed by atoms with van der Waals surface area (Å²) in [5, 5.41) is 3.25. The third-order valence-electron chi connectivity index (χ3n) is 7.51. The van der Waals surface area contributed by atoms with Crippen molar-refractivity contribution >= 4 is 44.1 Å². The molecule has 1 aromatic carbocycles. The first-order valence-electron chi connectivity index (χ1n) is 13.3. The molecule has 0 saturated heterocycles. The molecular weight excluding hydrogens is 538 g/mol. The highest BCUT2D eigenvalue weighted by Gasteiger charge is 2.31. The van der Waals surface area contributed by atoms with Gasteiger partial charge in [-0.3, -0.25) is 30.1 Å². The number of anilines is 1. The third kappa shape index (κ3) is 6.51. The first-order chi connectivity index (χ1) is 18.5. The van der Waals surface area contributed by atoms with Gasteiger partial charge in [-0.05, 0) is 62.9 Å². The molecule has 10 nitrogen and oxygen atoms in total. The lowest BCUT2D eigenvalue weighted by Gasteiger charge is -2.30. The maximum atomic E-state index is 13.2. The van der Waals surface area contributed by atoms with Crippen molar-refractivity contribution < 1.29 is 22.8 Å². The predicted octanol–water partition coefficient (Wildman–Crippen LogP) is 3.50. The molecule has 3 N–H and O–H groups in total. The van der Waals surface area contributed by atoms with Crippen molar-refractivity contribution in [3.63, 3.8) is 0 Å². The van der Waals surface area contributed by atoms with E-state index >= 15 is 0 Å². The van der Waals surface area contributed by atoms with E-state index < -0.39 is 27.7 Å². The molecule has 1 aliphatic carbocycles. The van der Waals surface area contributed by atoms with Crippen LogP contribution in [-0.4, -0.2) is 61.0 Å². The summed E-state index contributed by atoms with van der Waals surface area (Å²) in [6.07, 6.45) is 5.53. The SMILES string of the molecule is CC(=O)NNC(=O)c1c(NC(=O)c2ccc(S(=O)(=O)N(C)C3CCCCC3)cc2)sc2c1CCN(C(C)C)C2. The van der Waals surface area contributed by atoms with Gasteiger partial charge in [0.1, 0.15) is 5.00 Å². The molecule has 1 aromatic heterocycles. The number of sulfonamides is 1. The molecule has 39 heavy (non-hydrogen) atoms. The van der Waals surface area contributed by atoms with Crippen LogP contribution in [0.2, 0.25) is 0 Å². The Balaban J connectivity index is 1.55. The second kappa shape index (κ2) is 12.2. The molecule has 2 heterocycles. The standard InChI is InChI=1S/C27H37N5O5S2/c1-17(2)32-15-14-22-23(16-32)38-27(24(22)26(35)30-29-18(3)33)28-25(34)19-10-12-21(13-11-19)39(36,37)31(4)20-8-6-5-7-9-20/h10-13,17,20H,5-9,14-16H2,1-4H3,(H,28,34)(H,29,33)(H,30,35). The molecule has 3 amide bonds. The topological polar surface area (TPSA) is 128 Å². The van der Waals surface area contributed by atoms with Gasteiger partial charge in [0.05, 0.1) is 10.5 Å². The molecule has 1 fully saturated rings. The summed E-state index contributed by atoms with van der Waals surface area (Å²) in [7, 11) is -2.05. The number of hydrogen-bond acceptors (Lipinski definition) is 7. The second-order valence-electron chi connectivity index (χ2n) is 10.4. The molecule has 12 heteroatoms. The second-order valence-corrected chi connectivity index (χ2v) is 13.6. The van der Waals surface area contributed by atoms with Crippen LogP contribution >= 0.6 is 11.3 Å². The van der Waals surface area contributed by atoms with E-state index in [1.165, 1.54) is 46.8 Å². The van der Waals surface area contributed by atoms with Gasteiger partial charge in [0, 0.05) is 49.6 Å². The molecule has 4 rings (SSSR count). The van der Waals surface area contributed by atoms with Gasteiger partial charge in [-0.2, -0.15) is 4.31 Å². The summed E-state index contributed by atoms with van der Waals surface area (Å²) in [6, 6.07) is 6.21. The zero-order chi connectivity index (χ0) is 28.3. The molecule has 1 saturated carbocycles. The Morgan fingerprint density at radius 3 is 2.31 bits per heavy atom. The Hall–Kier alpha value is -2.80. The molecule has 0 bridgehead atoms. The number of thiophene rings is 1. The number of hydrogen-bond donors (Lipinski definition) is 3. The first kappa shape index (κ1) is 29.2. The summed E-state index contributed by atoms with van der Waals surface area (Å²) in [5.41, 5.74) is 6.21. The lowest BCUT2D eigenvalue weighted by Crippen LogP contribution is -2.41. The minimum absolute atomic E-state index is 0.00901. The maximum absolute atomic E-state index is 13.2. The van der Waals surface area contributed by atoms with Crippen molar-refractivity contribution in [3.8, 4) is 0 Å². The number of fused-ring (bicyclic) bond motifs is 1. The van der Waals surface area contributed by atoms with Gasteiger partial charge in [-0.15, -0.1) is 11.3 Å². The first-order valence-corrected chi connectivity index (χ1v) is 15.6. The number of amides is 3. The Labute approximate surface area is 234 Å². The molecule has 2 aromatic rings. The van der Waals surface area contributed by atoms with Crippen molar-refractivity contribution in [1.29, 1.82) is 0 Å². The molecule has 0 unspecified atom stereocenters. The fourth-order valence-electron chi connectivity index (χ4n) is 5.16. The van der Waals surface area contributed by atoms with Crippen LogP contribution in [0, 0.1) is 0 Å². The van der Waals surface area contributed by atoms with Crippen LogP contribution in [0.4, 0.5) is 5.00 Å². The number of carbonyl (C=O) groups excluding carboxylic acids is 3. The third-order valence-corrected chi connectivity index (χ3v) is 10.6. The van der Waals surface area contributed by atoms with E-state index in [-0.39, 0.29) is 16.5 Å². The van der Waals surface area contributed by atoms with Crippen LogP contribution in [0.1, 0.15) is 84.0 Å². The van der Waals surface area contributed by atoms with Crippen LogP contribution in [0.3, 0.4) is 0 Å². The van der Waals surface area contributed by atoms with E-state index in [2.05, 4.69) is 34.9 Å². The Morgan fingerprint density at radius 1 is 1.03 bits per heavy atom. The van der Waals surface area contributed by atoms with Crippen LogP contribution in [0.25, 0.3) is 0 Å². The van der Waals surface area contributed by atoms with Gasteiger partial charge in [0.15, 0.2) is 0 Å². The minimum Gasteiger partial charge on any atom is -0.313 e. The molecular formula is C27H37N5O5S2. The average Bonchev–Trinajstić information content (AvgIpc) is 3.28. The number of nitrogens with one attached hydrogen (secondary N) is 3. The highest BCUT2D eigenvalue weighted by atomic mass is 32.2. The number of benzene rings is 1. The van der Waals surface area contributed by atoms with Gasteiger partial charge in [0.25, 0.3) is 11.8 Å². The van der Waals surface area contributed by atoms with E-state index in [0.717, 1.165) is 49.1 Å². The lowest BCUT2D eigenvalue weighted by atomic mass is 9.96. The van der Waals surface area contributed by atoms with E-state index in [1.54, 1.807) is 7.05 Å².